The average molecular weight is 513 g/mol. The van der Waals surface area contributed by atoms with E-state index in [1.54, 1.807) is 30.3 Å². The lowest BCUT2D eigenvalue weighted by atomic mass is 10.1. The highest BCUT2D eigenvalue weighted by atomic mass is 16.5. The van der Waals surface area contributed by atoms with Gasteiger partial charge in [-0.15, -0.1) is 0 Å². The van der Waals surface area contributed by atoms with Gasteiger partial charge in [-0.1, -0.05) is 30.3 Å². The van der Waals surface area contributed by atoms with E-state index in [4.69, 9.17) is 14.2 Å². The van der Waals surface area contributed by atoms with Crippen molar-refractivity contribution < 1.29 is 33.4 Å². The van der Waals surface area contributed by atoms with E-state index in [0.29, 0.717) is 32.4 Å². The van der Waals surface area contributed by atoms with Gasteiger partial charge in [0.15, 0.2) is 5.70 Å². The van der Waals surface area contributed by atoms with Gasteiger partial charge < -0.3 is 24.8 Å². The zero-order chi connectivity index (χ0) is 26.6. The van der Waals surface area contributed by atoms with Crippen molar-refractivity contribution in [3.05, 3.63) is 71.7 Å². The molecule has 2 heterocycles. The number of benzene rings is 1. The zero-order valence-corrected chi connectivity index (χ0v) is 21.0. The minimum absolute atomic E-state index is 0.0697. The van der Waals surface area contributed by atoms with Crippen LogP contribution in [0.5, 0.6) is 0 Å². The fourth-order valence-corrected chi connectivity index (χ4v) is 3.76. The Kier molecular flexibility index (Phi) is 10.1. The highest BCUT2D eigenvalue weighted by Crippen LogP contribution is 2.23. The van der Waals surface area contributed by atoms with Gasteiger partial charge in [-0.3, -0.25) is 9.80 Å². The van der Waals surface area contributed by atoms with E-state index in [1.807, 2.05) is 30.3 Å². The fraction of sp³-hybridized carbons (Fsp3) is 0.385. The van der Waals surface area contributed by atoms with Gasteiger partial charge in [0.25, 0.3) is 5.91 Å². The molecule has 11 nitrogen and oxygen atoms in total. The van der Waals surface area contributed by atoms with E-state index >= 15 is 0 Å². The molecule has 0 saturated heterocycles. The van der Waals surface area contributed by atoms with Gasteiger partial charge in [0, 0.05) is 12.7 Å². The Morgan fingerprint density at radius 1 is 1.11 bits per heavy atom. The Labute approximate surface area is 215 Å². The van der Waals surface area contributed by atoms with Crippen molar-refractivity contribution in [3.63, 3.8) is 0 Å². The molecule has 0 spiro atoms. The summed E-state index contributed by atoms with van der Waals surface area (Å²) in [6.07, 6.45) is 7.47. The largest absolute Gasteiger partial charge is 0.464 e. The second-order valence-corrected chi connectivity index (χ2v) is 8.18. The van der Waals surface area contributed by atoms with E-state index in [9.17, 15) is 19.2 Å². The zero-order valence-electron chi connectivity index (χ0n) is 21.0. The molecule has 0 bridgehead atoms. The summed E-state index contributed by atoms with van der Waals surface area (Å²) in [5, 5.41) is 8.46. The lowest BCUT2D eigenvalue weighted by Gasteiger charge is -2.39. The number of nitrogens with one attached hydrogen (secondary N) is 2. The Balaban J connectivity index is 1.50. The summed E-state index contributed by atoms with van der Waals surface area (Å²) in [5.74, 6) is -1.64. The van der Waals surface area contributed by atoms with Gasteiger partial charge in [-0.2, -0.15) is 0 Å². The number of unbranched alkanes of at least 4 members (excludes halogenated alkanes) is 1. The second kappa shape index (κ2) is 13.7. The molecule has 2 aliphatic rings. The Hall–Kier alpha value is -4.28. The van der Waals surface area contributed by atoms with Gasteiger partial charge >= 0.3 is 18.0 Å². The molecule has 1 unspecified atom stereocenters. The number of hydrogen-bond acceptors (Lipinski definition) is 9. The van der Waals surface area contributed by atoms with Gasteiger partial charge in [0.05, 0.1) is 20.3 Å². The Morgan fingerprint density at radius 2 is 1.89 bits per heavy atom. The van der Waals surface area contributed by atoms with Crippen LogP contribution in [0.25, 0.3) is 0 Å². The number of methoxy groups -OCH3 is 1. The average Bonchev–Trinajstić information content (AvgIpc) is 2.92. The number of carbonyl (C=O) groups excluding carboxylic acids is 4. The highest BCUT2D eigenvalue weighted by molar-refractivity contribution is 6.01. The van der Waals surface area contributed by atoms with Gasteiger partial charge in [0.1, 0.15) is 18.3 Å². The number of amides is 2. The molecule has 2 amide bonds. The van der Waals surface area contributed by atoms with Crippen molar-refractivity contribution in [2.75, 3.05) is 26.8 Å². The molecule has 37 heavy (non-hydrogen) atoms. The first-order chi connectivity index (χ1) is 17.9. The molecule has 3 rings (SSSR count). The number of alkyl carbamates (subject to hydrolysis) is 1. The first-order valence-electron chi connectivity index (χ1n) is 12.1. The summed E-state index contributed by atoms with van der Waals surface area (Å²) in [6, 6.07) is 8.59. The topological polar surface area (TPSA) is 127 Å². The van der Waals surface area contributed by atoms with Crippen molar-refractivity contribution in [3.8, 4) is 0 Å². The number of nitrogens with zero attached hydrogens (tertiary/aromatic N) is 2. The number of ether oxygens (including phenoxy) is 3. The summed E-state index contributed by atoms with van der Waals surface area (Å²) in [7, 11) is 1.24. The number of hydrazine groups is 1. The molecule has 198 valence electrons. The molecule has 0 fully saturated rings. The standard InChI is InChI=1S/C26H32N4O7/c1-3-36-24(32)21(12-7-8-15-27-26(34)37-18-19-10-5-4-6-11-19)28-20-14-17-29-16-9-13-22(25(33)35-2)30(29)23(20)31/h4-6,9-11,13-14,16,21,28H,3,7-8,12,15,17-18H2,1-2H3,(H,27,34). The third-order valence-corrected chi connectivity index (χ3v) is 5.60. The molecule has 11 heteroatoms. The van der Waals surface area contributed by atoms with Crippen LogP contribution in [0.1, 0.15) is 31.7 Å². The predicted octanol–water partition coefficient (Wildman–Crippen LogP) is 2.13. The summed E-state index contributed by atoms with van der Waals surface area (Å²) in [5.41, 5.74) is 1.15. The van der Waals surface area contributed by atoms with Crippen molar-refractivity contribution in [1.82, 2.24) is 20.7 Å². The predicted molar refractivity (Wildman–Crippen MR) is 133 cm³/mol. The van der Waals surface area contributed by atoms with Crippen LogP contribution in [0.3, 0.4) is 0 Å². The maximum Gasteiger partial charge on any atom is 0.407 e. The first-order valence-corrected chi connectivity index (χ1v) is 12.1. The van der Waals surface area contributed by atoms with E-state index in [0.717, 1.165) is 5.56 Å². The SMILES string of the molecule is CCOC(=O)C(CCCCNC(=O)OCc1ccccc1)NC1=CCN2C=CC=C(C(=O)OC)N2C1=O. The van der Waals surface area contributed by atoms with Crippen LogP contribution < -0.4 is 10.6 Å². The number of hydrogen-bond donors (Lipinski definition) is 2. The van der Waals surface area contributed by atoms with E-state index < -0.39 is 30.0 Å². The van der Waals surface area contributed by atoms with Gasteiger partial charge in [-0.05, 0) is 50.0 Å². The molecule has 0 saturated carbocycles. The Bertz CT molecular complexity index is 1070. The van der Waals surface area contributed by atoms with E-state index in [-0.39, 0.29) is 24.6 Å². The van der Waals surface area contributed by atoms with Crippen LogP contribution in [0.2, 0.25) is 0 Å². The second-order valence-electron chi connectivity index (χ2n) is 8.18. The lowest BCUT2D eigenvalue weighted by Crippen LogP contribution is -2.53. The van der Waals surface area contributed by atoms with E-state index in [1.165, 1.54) is 18.2 Å². The quantitative estimate of drug-likeness (QED) is 0.246. The molecule has 0 radical (unpaired) electrons. The van der Waals surface area contributed by atoms with Crippen molar-refractivity contribution in [2.24, 2.45) is 0 Å². The first kappa shape index (κ1) is 27.3. The molecule has 2 aliphatic heterocycles. The fourth-order valence-electron chi connectivity index (χ4n) is 3.76. The van der Waals surface area contributed by atoms with Crippen LogP contribution in [-0.2, 0) is 35.2 Å². The number of fused-ring (bicyclic) bond motifs is 1. The van der Waals surface area contributed by atoms with Crippen LogP contribution in [0.15, 0.2) is 66.2 Å². The van der Waals surface area contributed by atoms with Crippen LogP contribution >= 0.6 is 0 Å². The van der Waals surface area contributed by atoms with Crippen molar-refractivity contribution in [2.45, 2.75) is 38.8 Å². The maximum absolute atomic E-state index is 13.2. The molecule has 0 aromatic heterocycles. The van der Waals surface area contributed by atoms with Crippen LogP contribution in [0, 0.1) is 0 Å². The maximum atomic E-state index is 13.2. The molecular formula is C26H32N4O7. The minimum atomic E-state index is -0.780. The lowest BCUT2D eigenvalue weighted by molar-refractivity contribution is -0.150. The normalized spacial score (nSPS) is 15.1. The molecule has 1 aromatic carbocycles. The van der Waals surface area contributed by atoms with E-state index in [2.05, 4.69) is 10.6 Å². The van der Waals surface area contributed by atoms with Gasteiger partial charge in [-0.25, -0.2) is 19.4 Å². The molecule has 0 aliphatic carbocycles. The number of allylic oxidation sites excluding steroid dienone is 2. The summed E-state index contributed by atoms with van der Waals surface area (Å²) in [4.78, 5) is 49.8. The van der Waals surface area contributed by atoms with Crippen molar-refractivity contribution in [1.29, 1.82) is 0 Å². The summed E-state index contributed by atoms with van der Waals surface area (Å²) in [6.45, 7) is 2.76. The molecule has 1 atom stereocenters. The monoisotopic (exact) mass is 512 g/mol. The number of carbonyl (C=O) groups is 4. The smallest absolute Gasteiger partial charge is 0.407 e. The van der Waals surface area contributed by atoms with Gasteiger partial charge in [0.2, 0.25) is 0 Å². The van der Waals surface area contributed by atoms with Crippen molar-refractivity contribution >= 4 is 23.9 Å². The van der Waals surface area contributed by atoms with Crippen LogP contribution in [-0.4, -0.2) is 66.8 Å². The summed E-state index contributed by atoms with van der Waals surface area (Å²) < 4.78 is 15.2. The highest BCUT2D eigenvalue weighted by Gasteiger charge is 2.36. The molecule has 1 aromatic rings. The molecular weight excluding hydrogens is 480 g/mol. The molecule has 2 N–H and O–H groups in total. The Morgan fingerprint density at radius 3 is 2.62 bits per heavy atom. The third-order valence-electron chi connectivity index (χ3n) is 5.60. The number of esters is 2. The summed E-state index contributed by atoms with van der Waals surface area (Å²) >= 11 is 0. The number of rotatable bonds is 12. The third kappa shape index (κ3) is 7.60. The van der Waals surface area contributed by atoms with Crippen LogP contribution in [0.4, 0.5) is 4.79 Å². The minimum Gasteiger partial charge on any atom is -0.464 e.